The summed E-state index contributed by atoms with van der Waals surface area (Å²) in [5, 5.41) is 17.4. The minimum absolute atomic E-state index is 0.00768. The van der Waals surface area contributed by atoms with Crippen LogP contribution in [0.15, 0.2) is 43.0 Å². The molecule has 4 rings (SSSR count). The molecule has 0 saturated carbocycles. The van der Waals surface area contributed by atoms with E-state index in [2.05, 4.69) is 27.1 Å². The SMILES string of the molecule is Cc1ccc(-n2nccn2)c(C(=O)N2CCC[C@@H](C)[C@H]2CCc2ncc(C#N)cn2)c1. The van der Waals surface area contributed by atoms with E-state index < -0.39 is 0 Å². The van der Waals surface area contributed by atoms with Gasteiger partial charge in [-0.2, -0.15) is 20.3 Å². The van der Waals surface area contributed by atoms with Crippen molar-refractivity contribution in [2.45, 2.75) is 45.6 Å². The van der Waals surface area contributed by atoms with Crippen LogP contribution in [0, 0.1) is 24.2 Å². The maximum Gasteiger partial charge on any atom is 0.256 e. The summed E-state index contributed by atoms with van der Waals surface area (Å²) in [6.45, 7) is 4.91. The van der Waals surface area contributed by atoms with Gasteiger partial charge in [0.1, 0.15) is 11.9 Å². The van der Waals surface area contributed by atoms with Gasteiger partial charge in [0.05, 0.1) is 29.2 Å². The van der Waals surface area contributed by atoms with E-state index in [1.807, 2.05) is 36.1 Å². The lowest BCUT2D eigenvalue weighted by molar-refractivity contribution is 0.0498. The highest BCUT2D eigenvalue weighted by Crippen LogP contribution is 2.29. The summed E-state index contributed by atoms with van der Waals surface area (Å²) in [7, 11) is 0. The van der Waals surface area contributed by atoms with Crippen molar-refractivity contribution >= 4 is 5.91 Å². The molecule has 1 amide bonds. The van der Waals surface area contributed by atoms with Crippen LogP contribution in [0.4, 0.5) is 0 Å². The molecule has 0 radical (unpaired) electrons. The lowest BCUT2D eigenvalue weighted by Crippen LogP contribution is -2.48. The number of nitrogens with zero attached hydrogens (tertiary/aromatic N) is 7. The van der Waals surface area contributed by atoms with E-state index in [1.165, 1.54) is 4.80 Å². The fraction of sp³-hybridized carbons (Fsp3) is 0.391. The van der Waals surface area contributed by atoms with Gasteiger partial charge in [-0.1, -0.05) is 18.6 Å². The normalized spacial score (nSPS) is 18.5. The Kier molecular flexibility index (Phi) is 6.03. The zero-order chi connectivity index (χ0) is 21.8. The second-order valence-electron chi connectivity index (χ2n) is 8.06. The third-order valence-electron chi connectivity index (χ3n) is 5.89. The molecular formula is C23H25N7O. The Labute approximate surface area is 181 Å². The van der Waals surface area contributed by atoms with E-state index in [1.54, 1.807) is 24.8 Å². The Hall–Kier alpha value is -3.60. The Balaban J connectivity index is 1.58. The predicted octanol–water partition coefficient (Wildman–Crippen LogP) is 3.11. The number of hydrogen-bond acceptors (Lipinski definition) is 6. The van der Waals surface area contributed by atoms with Crippen LogP contribution in [-0.2, 0) is 6.42 Å². The molecule has 0 unspecified atom stereocenters. The molecule has 0 N–H and O–H groups in total. The second kappa shape index (κ2) is 9.04. The van der Waals surface area contributed by atoms with Gasteiger partial charge in [0.2, 0.25) is 0 Å². The predicted molar refractivity (Wildman–Crippen MR) is 114 cm³/mol. The molecule has 8 nitrogen and oxygen atoms in total. The first-order valence-electron chi connectivity index (χ1n) is 10.6. The first kappa shape index (κ1) is 20.7. The molecule has 2 atom stereocenters. The number of rotatable bonds is 5. The molecular weight excluding hydrogens is 390 g/mol. The third-order valence-corrected chi connectivity index (χ3v) is 5.89. The van der Waals surface area contributed by atoms with Gasteiger partial charge in [0.15, 0.2) is 0 Å². The Bertz CT molecular complexity index is 1090. The molecule has 1 saturated heterocycles. The molecule has 31 heavy (non-hydrogen) atoms. The van der Waals surface area contributed by atoms with Crippen molar-refractivity contribution in [3.05, 3.63) is 65.5 Å². The number of benzene rings is 1. The van der Waals surface area contributed by atoms with Crippen LogP contribution in [-0.4, -0.2) is 48.4 Å². The Morgan fingerprint density at radius 3 is 2.68 bits per heavy atom. The van der Waals surface area contributed by atoms with E-state index >= 15 is 0 Å². The number of likely N-dealkylation sites (tertiary alicyclic amines) is 1. The molecule has 3 heterocycles. The summed E-state index contributed by atoms with van der Waals surface area (Å²) in [4.78, 5) is 25.8. The minimum Gasteiger partial charge on any atom is -0.335 e. The number of aromatic nitrogens is 5. The molecule has 1 aromatic carbocycles. The lowest BCUT2D eigenvalue weighted by Gasteiger charge is -2.40. The number of piperidine rings is 1. The molecule has 1 fully saturated rings. The summed E-state index contributed by atoms with van der Waals surface area (Å²) in [5.41, 5.74) is 2.77. The number of carbonyl (C=O) groups excluding carboxylic acids is 1. The van der Waals surface area contributed by atoms with E-state index in [-0.39, 0.29) is 11.9 Å². The van der Waals surface area contributed by atoms with Gasteiger partial charge in [-0.05, 0) is 44.2 Å². The zero-order valence-electron chi connectivity index (χ0n) is 17.8. The molecule has 1 aliphatic rings. The third kappa shape index (κ3) is 4.45. The van der Waals surface area contributed by atoms with Crippen LogP contribution < -0.4 is 0 Å². The summed E-state index contributed by atoms with van der Waals surface area (Å²) in [5.74, 6) is 1.08. The quantitative estimate of drug-likeness (QED) is 0.635. The van der Waals surface area contributed by atoms with E-state index in [0.29, 0.717) is 35.0 Å². The van der Waals surface area contributed by atoms with Crippen molar-refractivity contribution in [2.75, 3.05) is 6.54 Å². The number of aryl methyl sites for hydroxylation is 2. The highest BCUT2D eigenvalue weighted by Gasteiger charge is 2.33. The average molecular weight is 416 g/mol. The summed E-state index contributed by atoms with van der Waals surface area (Å²) < 4.78 is 0. The molecule has 8 heteroatoms. The molecule has 2 aromatic heterocycles. The van der Waals surface area contributed by atoms with Crippen LogP contribution in [0.3, 0.4) is 0 Å². The van der Waals surface area contributed by atoms with E-state index in [0.717, 1.165) is 31.4 Å². The largest absolute Gasteiger partial charge is 0.335 e. The van der Waals surface area contributed by atoms with Crippen LogP contribution in [0.25, 0.3) is 5.69 Å². The maximum absolute atomic E-state index is 13.7. The number of hydrogen-bond donors (Lipinski definition) is 0. The molecule has 0 bridgehead atoms. The first-order chi connectivity index (χ1) is 15.1. The summed E-state index contributed by atoms with van der Waals surface area (Å²) >= 11 is 0. The van der Waals surface area contributed by atoms with Gasteiger partial charge in [-0.3, -0.25) is 4.79 Å². The Morgan fingerprint density at radius 1 is 1.23 bits per heavy atom. The summed E-state index contributed by atoms with van der Waals surface area (Å²) in [6.07, 6.45) is 9.82. The smallest absolute Gasteiger partial charge is 0.256 e. The fourth-order valence-corrected chi connectivity index (χ4v) is 4.25. The Morgan fingerprint density at radius 2 is 1.97 bits per heavy atom. The van der Waals surface area contributed by atoms with E-state index in [9.17, 15) is 4.79 Å². The molecule has 1 aliphatic heterocycles. The van der Waals surface area contributed by atoms with Crippen molar-refractivity contribution in [1.82, 2.24) is 29.9 Å². The first-order valence-corrected chi connectivity index (χ1v) is 10.6. The standard InChI is InChI=1S/C23H25N7O/c1-16-5-6-21(30-27-9-10-28-30)19(12-16)23(31)29-11-3-4-17(2)20(29)7-8-22-25-14-18(13-24)15-26-22/h5-6,9-10,12,14-15,17,20H,3-4,7-8,11H2,1-2H3/t17-,20-/m1/s1. The fourth-order valence-electron chi connectivity index (χ4n) is 4.25. The maximum atomic E-state index is 13.7. The molecule has 3 aromatic rings. The van der Waals surface area contributed by atoms with Crippen LogP contribution in [0.1, 0.15) is 53.5 Å². The average Bonchev–Trinajstić information content (AvgIpc) is 3.32. The van der Waals surface area contributed by atoms with Gasteiger partial charge in [-0.15, -0.1) is 0 Å². The summed E-state index contributed by atoms with van der Waals surface area (Å²) in [6, 6.07) is 7.92. The zero-order valence-corrected chi connectivity index (χ0v) is 17.8. The van der Waals surface area contributed by atoms with Gasteiger partial charge in [-0.25, -0.2) is 9.97 Å². The van der Waals surface area contributed by atoms with Crippen molar-refractivity contribution in [3.8, 4) is 11.8 Å². The molecule has 0 spiro atoms. The minimum atomic E-state index is 0.00768. The van der Waals surface area contributed by atoms with Crippen LogP contribution in [0.5, 0.6) is 0 Å². The van der Waals surface area contributed by atoms with Crippen molar-refractivity contribution < 1.29 is 4.79 Å². The van der Waals surface area contributed by atoms with Crippen molar-refractivity contribution in [3.63, 3.8) is 0 Å². The second-order valence-corrected chi connectivity index (χ2v) is 8.06. The number of nitriles is 1. The highest BCUT2D eigenvalue weighted by molar-refractivity contribution is 5.98. The van der Waals surface area contributed by atoms with Gasteiger partial charge < -0.3 is 4.90 Å². The monoisotopic (exact) mass is 415 g/mol. The van der Waals surface area contributed by atoms with Gasteiger partial charge in [0, 0.05) is 31.4 Å². The van der Waals surface area contributed by atoms with E-state index in [4.69, 9.17) is 5.26 Å². The molecule has 0 aliphatic carbocycles. The highest BCUT2D eigenvalue weighted by atomic mass is 16.2. The van der Waals surface area contributed by atoms with Crippen molar-refractivity contribution in [1.29, 1.82) is 5.26 Å². The van der Waals surface area contributed by atoms with Crippen LogP contribution in [0.2, 0.25) is 0 Å². The lowest BCUT2D eigenvalue weighted by atomic mass is 9.87. The van der Waals surface area contributed by atoms with Crippen LogP contribution >= 0.6 is 0 Å². The number of carbonyl (C=O) groups is 1. The van der Waals surface area contributed by atoms with Crippen molar-refractivity contribution in [2.24, 2.45) is 5.92 Å². The van der Waals surface area contributed by atoms with Gasteiger partial charge in [0.25, 0.3) is 5.91 Å². The van der Waals surface area contributed by atoms with Gasteiger partial charge >= 0.3 is 0 Å². The number of amides is 1. The topological polar surface area (TPSA) is 101 Å². The molecule has 158 valence electrons.